The number of rotatable bonds is 1. The molecule has 0 N–H and O–H groups in total. The first kappa shape index (κ1) is 8.39. The third-order valence-corrected chi connectivity index (χ3v) is 3.09. The number of aryl methyl sites for hydroxylation is 1. The molecule has 2 rings (SSSR count). The van der Waals surface area contributed by atoms with Crippen LogP contribution in [0.4, 0.5) is 0 Å². The lowest BCUT2D eigenvalue weighted by atomic mass is 9.67. The first-order valence-electron chi connectivity index (χ1n) is 4.02. The summed E-state index contributed by atoms with van der Waals surface area (Å²) in [5, 5.41) is 11.8. The van der Waals surface area contributed by atoms with Crippen molar-refractivity contribution < 1.29 is 4.79 Å². The lowest BCUT2D eigenvalue weighted by Gasteiger charge is -2.31. The van der Waals surface area contributed by atoms with Crippen molar-refractivity contribution in [2.75, 3.05) is 0 Å². The number of nitrogens with zero attached hydrogens (tertiary/aromatic N) is 2. The fraction of sp³-hybridized carbons (Fsp3) is 0.444. The summed E-state index contributed by atoms with van der Waals surface area (Å²) in [6, 6.07) is 2.20. The fourth-order valence-electron chi connectivity index (χ4n) is 1.52. The summed E-state index contributed by atoms with van der Waals surface area (Å²) in [6.45, 7) is 1.90. The van der Waals surface area contributed by atoms with Crippen molar-refractivity contribution in [2.45, 2.75) is 25.2 Å². The van der Waals surface area contributed by atoms with Crippen molar-refractivity contribution in [2.24, 2.45) is 0 Å². The molecule has 66 valence electrons. The van der Waals surface area contributed by atoms with Crippen LogP contribution >= 0.6 is 11.3 Å². The number of thiazole rings is 1. The molecule has 3 nitrogen and oxygen atoms in total. The molecule has 0 radical (unpaired) electrons. The van der Waals surface area contributed by atoms with E-state index in [1.807, 2.05) is 12.3 Å². The Labute approximate surface area is 80.0 Å². The van der Waals surface area contributed by atoms with Gasteiger partial charge < -0.3 is 0 Å². The lowest BCUT2D eigenvalue weighted by molar-refractivity contribution is -0.126. The fourth-order valence-corrected chi connectivity index (χ4v) is 2.23. The summed E-state index contributed by atoms with van der Waals surface area (Å²) in [6.07, 6.45) is 0.680. The Morgan fingerprint density at radius 1 is 1.69 bits per heavy atom. The van der Waals surface area contributed by atoms with E-state index >= 15 is 0 Å². The third kappa shape index (κ3) is 1.16. The van der Waals surface area contributed by atoms with E-state index in [0.29, 0.717) is 12.8 Å². The molecule has 1 aromatic heterocycles. The molecule has 1 heterocycles. The number of aromatic nitrogens is 1. The Kier molecular flexibility index (Phi) is 1.70. The van der Waals surface area contributed by atoms with Crippen LogP contribution in [-0.2, 0) is 10.2 Å². The van der Waals surface area contributed by atoms with E-state index in [9.17, 15) is 4.79 Å². The molecule has 1 aliphatic rings. The van der Waals surface area contributed by atoms with E-state index in [0.717, 1.165) is 10.7 Å². The van der Waals surface area contributed by atoms with Crippen molar-refractivity contribution in [1.29, 1.82) is 5.26 Å². The molecule has 1 aromatic rings. The van der Waals surface area contributed by atoms with Gasteiger partial charge in [0, 0.05) is 18.2 Å². The minimum atomic E-state index is -0.595. The van der Waals surface area contributed by atoms with Crippen molar-refractivity contribution in [3.63, 3.8) is 0 Å². The molecule has 0 spiro atoms. The number of carbonyl (C=O) groups excluding carboxylic acids is 1. The molecule has 0 amide bonds. The van der Waals surface area contributed by atoms with Crippen LogP contribution in [-0.4, -0.2) is 10.8 Å². The minimum Gasteiger partial charge on any atom is -0.300 e. The van der Waals surface area contributed by atoms with Gasteiger partial charge in [-0.15, -0.1) is 11.3 Å². The highest BCUT2D eigenvalue weighted by atomic mass is 32.1. The average Bonchev–Trinajstić information content (AvgIpc) is 2.46. The standard InChI is InChI=1S/C9H8N2OS/c1-6-11-8(4-13-6)9(5-10)2-7(12)3-9/h4H,2-3H2,1H3. The first-order chi connectivity index (χ1) is 6.16. The first-order valence-corrected chi connectivity index (χ1v) is 4.90. The summed E-state index contributed by atoms with van der Waals surface area (Å²) in [5.41, 5.74) is 0.180. The van der Waals surface area contributed by atoms with Gasteiger partial charge in [-0.2, -0.15) is 5.26 Å². The molecular formula is C9H8N2OS. The maximum absolute atomic E-state index is 10.9. The largest absolute Gasteiger partial charge is 0.300 e. The average molecular weight is 192 g/mol. The monoisotopic (exact) mass is 192 g/mol. The van der Waals surface area contributed by atoms with Crippen LogP contribution in [0.25, 0.3) is 0 Å². The normalized spacial score (nSPS) is 19.2. The van der Waals surface area contributed by atoms with E-state index in [4.69, 9.17) is 5.26 Å². The van der Waals surface area contributed by atoms with Gasteiger partial charge in [-0.3, -0.25) is 4.79 Å². The summed E-state index contributed by atoms with van der Waals surface area (Å²) in [7, 11) is 0. The molecule has 1 aliphatic carbocycles. The highest BCUT2D eigenvalue weighted by Gasteiger charge is 2.47. The van der Waals surface area contributed by atoms with Gasteiger partial charge >= 0.3 is 0 Å². The minimum absolute atomic E-state index is 0.159. The Balaban J connectivity index is 2.35. The van der Waals surface area contributed by atoms with Gasteiger partial charge in [0.1, 0.15) is 11.2 Å². The van der Waals surface area contributed by atoms with Gasteiger partial charge in [-0.1, -0.05) is 0 Å². The molecule has 0 saturated heterocycles. The number of hydrogen-bond donors (Lipinski definition) is 0. The third-order valence-electron chi connectivity index (χ3n) is 2.32. The van der Waals surface area contributed by atoms with Crippen molar-refractivity contribution in [1.82, 2.24) is 4.98 Å². The second kappa shape index (κ2) is 2.64. The predicted molar refractivity (Wildman–Crippen MR) is 48.4 cm³/mol. The second-order valence-electron chi connectivity index (χ2n) is 3.34. The van der Waals surface area contributed by atoms with Crippen molar-refractivity contribution in [3.05, 3.63) is 16.1 Å². The Bertz CT molecular complexity index is 394. The van der Waals surface area contributed by atoms with E-state index < -0.39 is 5.41 Å². The maximum Gasteiger partial charge on any atom is 0.136 e. The summed E-state index contributed by atoms with van der Waals surface area (Å²) in [5.74, 6) is 0.159. The summed E-state index contributed by atoms with van der Waals surface area (Å²) in [4.78, 5) is 15.1. The molecule has 0 aliphatic heterocycles. The number of ketones is 1. The lowest BCUT2D eigenvalue weighted by Crippen LogP contribution is -2.40. The van der Waals surface area contributed by atoms with Gasteiger partial charge in [0.25, 0.3) is 0 Å². The second-order valence-corrected chi connectivity index (χ2v) is 4.40. The van der Waals surface area contributed by atoms with Gasteiger partial charge in [-0.05, 0) is 6.92 Å². The van der Waals surface area contributed by atoms with Crippen LogP contribution in [0.1, 0.15) is 23.5 Å². The van der Waals surface area contributed by atoms with E-state index in [2.05, 4.69) is 11.1 Å². The molecule has 1 fully saturated rings. The van der Waals surface area contributed by atoms with Gasteiger partial charge in [-0.25, -0.2) is 4.98 Å². The maximum atomic E-state index is 10.9. The zero-order valence-electron chi connectivity index (χ0n) is 7.20. The molecule has 0 aromatic carbocycles. The molecule has 0 unspecified atom stereocenters. The van der Waals surface area contributed by atoms with Crippen LogP contribution in [0.15, 0.2) is 5.38 Å². The topological polar surface area (TPSA) is 53.8 Å². The quantitative estimate of drug-likeness (QED) is 0.678. The zero-order chi connectivity index (χ0) is 9.47. The van der Waals surface area contributed by atoms with Gasteiger partial charge in [0.15, 0.2) is 0 Å². The predicted octanol–water partition coefficient (Wildman–Crippen LogP) is 1.58. The zero-order valence-corrected chi connectivity index (χ0v) is 8.02. The number of hydrogen-bond acceptors (Lipinski definition) is 4. The molecule has 4 heteroatoms. The highest BCUT2D eigenvalue weighted by molar-refractivity contribution is 7.09. The van der Waals surface area contributed by atoms with Crippen LogP contribution in [0, 0.1) is 18.3 Å². The number of Topliss-reactive ketones (excluding diaryl/α,β-unsaturated/α-hetero) is 1. The van der Waals surface area contributed by atoms with Crippen molar-refractivity contribution in [3.8, 4) is 6.07 Å². The molecule has 13 heavy (non-hydrogen) atoms. The number of nitriles is 1. The van der Waals surface area contributed by atoms with Crippen molar-refractivity contribution >= 4 is 17.1 Å². The summed E-state index contributed by atoms with van der Waals surface area (Å²) >= 11 is 1.52. The van der Waals surface area contributed by atoms with Crippen LogP contribution < -0.4 is 0 Å². The number of carbonyl (C=O) groups is 1. The van der Waals surface area contributed by atoms with Crippen LogP contribution in [0.3, 0.4) is 0 Å². The Morgan fingerprint density at radius 3 is 2.77 bits per heavy atom. The molecule has 1 saturated carbocycles. The van der Waals surface area contributed by atoms with Gasteiger partial charge in [0.05, 0.1) is 16.8 Å². The van der Waals surface area contributed by atoms with Crippen LogP contribution in [0.5, 0.6) is 0 Å². The Hall–Kier alpha value is -1.21. The van der Waals surface area contributed by atoms with Crippen LogP contribution in [0.2, 0.25) is 0 Å². The van der Waals surface area contributed by atoms with E-state index in [1.54, 1.807) is 0 Å². The Morgan fingerprint density at radius 2 is 2.38 bits per heavy atom. The smallest absolute Gasteiger partial charge is 0.136 e. The summed E-state index contributed by atoms with van der Waals surface area (Å²) < 4.78 is 0. The molecular weight excluding hydrogens is 184 g/mol. The van der Waals surface area contributed by atoms with E-state index in [-0.39, 0.29) is 5.78 Å². The SMILES string of the molecule is Cc1nc(C2(C#N)CC(=O)C2)cs1. The highest BCUT2D eigenvalue weighted by Crippen LogP contribution is 2.40. The van der Waals surface area contributed by atoms with Gasteiger partial charge in [0.2, 0.25) is 0 Å². The van der Waals surface area contributed by atoms with E-state index in [1.165, 1.54) is 11.3 Å². The molecule has 0 atom stereocenters. The molecule has 0 bridgehead atoms.